The van der Waals surface area contributed by atoms with E-state index in [4.69, 9.17) is 4.74 Å². The molecule has 0 radical (unpaired) electrons. The lowest BCUT2D eigenvalue weighted by Gasteiger charge is -2.07. The highest BCUT2D eigenvalue weighted by molar-refractivity contribution is 6.05. The van der Waals surface area contributed by atoms with Gasteiger partial charge in [-0.05, 0) is 78.9 Å². The number of benzene rings is 3. The number of anilines is 2. The molecule has 0 unspecified atom stereocenters. The van der Waals surface area contributed by atoms with E-state index >= 15 is 0 Å². The summed E-state index contributed by atoms with van der Waals surface area (Å²) in [6, 6.07) is 23.2. The first-order chi connectivity index (χ1) is 17.1. The highest BCUT2D eigenvalue weighted by Gasteiger charge is 2.10. The van der Waals surface area contributed by atoms with Crippen LogP contribution in [-0.2, 0) is 0 Å². The molecule has 0 aliphatic carbocycles. The van der Waals surface area contributed by atoms with Gasteiger partial charge in [0.1, 0.15) is 11.6 Å². The number of rotatable bonds is 6. The summed E-state index contributed by atoms with van der Waals surface area (Å²) in [4.78, 5) is 36.8. The van der Waals surface area contributed by atoms with Crippen molar-refractivity contribution in [3.05, 3.63) is 102 Å². The summed E-state index contributed by atoms with van der Waals surface area (Å²) in [6.07, 6.45) is 3.14. The molecule has 0 atom stereocenters. The van der Waals surface area contributed by atoms with Gasteiger partial charge in [-0.3, -0.25) is 14.6 Å². The first kappa shape index (κ1) is 21.8. The number of amides is 2. The van der Waals surface area contributed by atoms with Crippen LogP contribution in [-0.4, -0.2) is 33.9 Å². The number of aromatic nitrogens is 3. The Bertz CT molecular complexity index is 1490. The highest BCUT2D eigenvalue weighted by Crippen LogP contribution is 2.25. The summed E-state index contributed by atoms with van der Waals surface area (Å²) in [7, 11) is 1.58. The van der Waals surface area contributed by atoms with Gasteiger partial charge in [-0.1, -0.05) is 0 Å². The molecule has 0 bridgehead atoms. The Labute approximate surface area is 201 Å². The molecular formula is C27H21N5O3. The van der Waals surface area contributed by atoms with Crippen LogP contribution in [0, 0.1) is 0 Å². The van der Waals surface area contributed by atoms with Gasteiger partial charge in [0.05, 0.1) is 23.7 Å². The molecule has 5 rings (SSSR count). The van der Waals surface area contributed by atoms with Crippen molar-refractivity contribution in [1.82, 2.24) is 15.0 Å². The number of nitrogens with zero attached hydrogens (tertiary/aromatic N) is 2. The molecule has 8 heteroatoms. The Balaban J connectivity index is 1.29. The summed E-state index contributed by atoms with van der Waals surface area (Å²) in [5, 5.41) is 5.76. The number of hydrogen-bond acceptors (Lipinski definition) is 5. The van der Waals surface area contributed by atoms with Gasteiger partial charge in [0.2, 0.25) is 0 Å². The largest absolute Gasteiger partial charge is 0.497 e. The lowest BCUT2D eigenvalue weighted by atomic mass is 10.1. The summed E-state index contributed by atoms with van der Waals surface area (Å²) in [5.74, 6) is 0.943. The van der Waals surface area contributed by atoms with Crippen LogP contribution in [0.4, 0.5) is 11.4 Å². The maximum absolute atomic E-state index is 12.5. The van der Waals surface area contributed by atoms with E-state index in [0.717, 1.165) is 16.6 Å². The fourth-order valence-corrected chi connectivity index (χ4v) is 3.58. The van der Waals surface area contributed by atoms with E-state index in [1.807, 2.05) is 36.4 Å². The SMILES string of the molecule is COc1ccc(C(=O)Nc2ccc(-c3nc4ccc(NC(=O)c5cccnc5)cc4[nH]3)cc2)cc1. The quantitative estimate of drug-likeness (QED) is 0.323. The van der Waals surface area contributed by atoms with E-state index in [1.54, 1.807) is 55.8 Å². The van der Waals surface area contributed by atoms with Gasteiger partial charge >= 0.3 is 0 Å². The van der Waals surface area contributed by atoms with Gasteiger partial charge in [0.25, 0.3) is 11.8 Å². The molecule has 2 aromatic heterocycles. The Morgan fingerprint density at radius 1 is 0.829 bits per heavy atom. The smallest absolute Gasteiger partial charge is 0.257 e. The van der Waals surface area contributed by atoms with Crippen LogP contribution >= 0.6 is 0 Å². The third kappa shape index (κ3) is 4.86. The van der Waals surface area contributed by atoms with E-state index in [9.17, 15) is 9.59 Å². The number of H-pyrrole nitrogens is 1. The standard InChI is InChI=1S/C27H21N5O3/c1-35-22-11-6-18(7-12-22)26(33)29-20-8-4-17(5-9-20)25-31-23-13-10-21(15-24(23)32-25)30-27(34)19-3-2-14-28-16-19/h2-16H,1H3,(H,29,33)(H,30,34)(H,31,32). The first-order valence-electron chi connectivity index (χ1n) is 10.9. The summed E-state index contributed by atoms with van der Waals surface area (Å²) < 4.78 is 5.12. The molecule has 35 heavy (non-hydrogen) atoms. The topological polar surface area (TPSA) is 109 Å². The predicted octanol–water partition coefficient (Wildman–Crippen LogP) is 5.14. The zero-order valence-corrected chi connectivity index (χ0v) is 18.8. The molecule has 3 N–H and O–H groups in total. The van der Waals surface area contributed by atoms with Crippen molar-refractivity contribution in [3.8, 4) is 17.1 Å². The average molecular weight is 463 g/mol. The van der Waals surface area contributed by atoms with E-state index in [1.165, 1.54) is 6.20 Å². The van der Waals surface area contributed by atoms with Gasteiger partial charge in [-0.25, -0.2) is 4.98 Å². The molecule has 172 valence electrons. The average Bonchev–Trinajstić information content (AvgIpc) is 3.33. The number of carbonyl (C=O) groups is 2. The van der Waals surface area contributed by atoms with Gasteiger partial charge < -0.3 is 20.4 Å². The van der Waals surface area contributed by atoms with Crippen molar-refractivity contribution in [2.24, 2.45) is 0 Å². The molecule has 3 aromatic carbocycles. The predicted molar refractivity (Wildman–Crippen MR) is 135 cm³/mol. The fourth-order valence-electron chi connectivity index (χ4n) is 3.58. The second-order valence-corrected chi connectivity index (χ2v) is 7.77. The molecule has 2 amide bonds. The van der Waals surface area contributed by atoms with Crippen LogP contribution in [0.25, 0.3) is 22.4 Å². The third-order valence-electron chi connectivity index (χ3n) is 5.43. The van der Waals surface area contributed by atoms with Crippen molar-refractivity contribution in [2.45, 2.75) is 0 Å². The van der Waals surface area contributed by atoms with Crippen LogP contribution in [0.2, 0.25) is 0 Å². The molecule has 5 aromatic rings. The number of methoxy groups -OCH3 is 1. The van der Waals surface area contributed by atoms with E-state index in [0.29, 0.717) is 34.1 Å². The van der Waals surface area contributed by atoms with Crippen molar-refractivity contribution >= 4 is 34.2 Å². The van der Waals surface area contributed by atoms with Gasteiger partial charge in [-0.15, -0.1) is 0 Å². The van der Waals surface area contributed by atoms with Gasteiger partial charge in [-0.2, -0.15) is 0 Å². The van der Waals surface area contributed by atoms with Crippen LogP contribution in [0.5, 0.6) is 5.75 Å². The number of hydrogen-bond donors (Lipinski definition) is 3. The molecule has 0 saturated carbocycles. The number of fused-ring (bicyclic) bond motifs is 1. The maximum Gasteiger partial charge on any atom is 0.257 e. The molecule has 0 aliphatic rings. The summed E-state index contributed by atoms with van der Waals surface area (Å²) >= 11 is 0. The molecule has 2 heterocycles. The van der Waals surface area contributed by atoms with Crippen molar-refractivity contribution in [3.63, 3.8) is 0 Å². The Kier molecular flexibility index (Phi) is 5.92. The van der Waals surface area contributed by atoms with Gasteiger partial charge in [0, 0.05) is 34.9 Å². The lowest BCUT2D eigenvalue weighted by Crippen LogP contribution is -2.11. The number of imidazole rings is 1. The Hall–Kier alpha value is -4.98. The number of nitrogens with one attached hydrogen (secondary N) is 3. The lowest BCUT2D eigenvalue weighted by molar-refractivity contribution is 0.101. The molecule has 0 saturated heterocycles. The van der Waals surface area contributed by atoms with E-state index in [2.05, 4.69) is 25.6 Å². The van der Waals surface area contributed by atoms with Crippen LogP contribution < -0.4 is 15.4 Å². The minimum Gasteiger partial charge on any atom is -0.497 e. The monoisotopic (exact) mass is 463 g/mol. The Morgan fingerprint density at radius 2 is 1.54 bits per heavy atom. The molecule has 0 spiro atoms. The van der Waals surface area contributed by atoms with Crippen molar-refractivity contribution < 1.29 is 14.3 Å². The van der Waals surface area contributed by atoms with Crippen molar-refractivity contribution in [1.29, 1.82) is 0 Å². The molecule has 0 fully saturated rings. The molecular weight excluding hydrogens is 442 g/mol. The van der Waals surface area contributed by atoms with Crippen LogP contribution in [0.15, 0.2) is 91.3 Å². The van der Waals surface area contributed by atoms with E-state index < -0.39 is 0 Å². The third-order valence-corrected chi connectivity index (χ3v) is 5.43. The molecule has 0 aliphatic heterocycles. The summed E-state index contributed by atoms with van der Waals surface area (Å²) in [6.45, 7) is 0. The highest BCUT2D eigenvalue weighted by atomic mass is 16.5. The number of aromatic amines is 1. The minimum absolute atomic E-state index is 0.204. The van der Waals surface area contributed by atoms with E-state index in [-0.39, 0.29) is 11.8 Å². The normalized spacial score (nSPS) is 10.7. The van der Waals surface area contributed by atoms with Crippen molar-refractivity contribution in [2.75, 3.05) is 17.7 Å². The number of ether oxygens (including phenoxy) is 1. The first-order valence-corrected chi connectivity index (χ1v) is 10.9. The summed E-state index contributed by atoms with van der Waals surface area (Å²) in [5.41, 5.74) is 4.78. The van der Waals surface area contributed by atoms with Crippen LogP contribution in [0.3, 0.4) is 0 Å². The maximum atomic E-state index is 12.5. The Morgan fingerprint density at radius 3 is 2.26 bits per heavy atom. The second-order valence-electron chi connectivity index (χ2n) is 7.77. The number of carbonyl (C=O) groups excluding carboxylic acids is 2. The zero-order chi connectivity index (χ0) is 24.2. The van der Waals surface area contributed by atoms with Gasteiger partial charge in [0.15, 0.2) is 0 Å². The van der Waals surface area contributed by atoms with Crippen LogP contribution in [0.1, 0.15) is 20.7 Å². The number of pyridine rings is 1. The molecule has 8 nitrogen and oxygen atoms in total. The second kappa shape index (κ2) is 9.48. The minimum atomic E-state index is -0.232. The zero-order valence-electron chi connectivity index (χ0n) is 18.8. The fraction of sp³-hybridized carbons (Fsp3) is 0.0370.